The van der Waals surface area contributed by atoms with Gasteiger partial charge in [-0.2, -0.15) is 0 Å². The second kappa shape index (κ2) is 3.31. The largest absolute Gasteiger partial charge is 0.373 e. The fourth-order valence-electron chi connectivity index (χ4n) is 0.655. The van der Waals surface area contributed by atoms with Crippen LogP contribution in [0, 0.1) is 10.1 Å². The number of rotatable bonds is 2. The summed E-state index contributed by atoms with van der Waals surface area (Å²) in [5.41, 5.74) is 7.96. The molecule has 7 nitrogen and oxygen atoms in total. The minimum atomic E-state index is -0.704. The van der Waals surface area contributed by atoms with Crippen molar-refractivity contribution < 1.29 is 4.92 Å². The van der Waals surface area contributed by atoms with Gasteiger partial charge in [0.05, 0.1) is 0 Å². The van der Waals surface area contributed by atoms with Crippen LogP contribution in [0.15, 0.2) is 23.4 Å². The SMILES string of the molecule is [N-]=[N+]=Nc1cccnc1[N+](=O)[O-]. The molecule has 0 spiro atoms. The lowest BCUT2D eigenvalue weighted by Crippen LogP contribution is -1.90. The summed E-state index contributed by atoms with van der Waals surface area (Å²) in [6.07, 6.45) is 1.26. The third-order valence-corrected chi connectivity index (χ3v) is 1.09. The van der Waals surface area contributed by atoms with Crippen molar-refractivity contribution in [1.82, 2.24) is 4.98 Å². The number of nitro groups is 1. The van der Waals surface area contributed by atoms with Crippen LogP contribution in [0.3, 0.4) is 0 Å². The number of hydrogen-bond donors (Lipinski definition) is 0. The third-order valence-electron chi connectivity index (χ3n) is 1.09. The molecule has 0 fully saturated rings. The van der Waals surface area contributed by atoms with E-state index in [0.717, 1.165) is 0 Å². The summed E-state index contributed by atoms with van der Waals surface area (Å²) in [6.45, 7) is 0. The van der Waals surface area contributed by atoms with Crippen molar-refractivity contribution in [3.63, 3.8) is 0 Å². The highest BCUT2D eigenvalue weighted by Crippen LogP contribution is 2.22. The molecule has 0 aliphatic rings. The van der Waals surface area contributed by atoms with Gasteiger partial charge in [0.1, 0.15) is 11.9 Å². The highest BCUT2D eigenvalue weighted by Gasteiger charge is 2.11. The lowest BCUT2D eigenvalue weighted by Gasteiger charge is -1.92. The smallest absolute Gasteiger partial charge is 0.358 e. The van der Waals surface area contributed by atoms with Gasteiger partial charge in [0.2, 0.25) is 0 Å². The summed E-state index contributed by atoms with van der Waals surface area (Å²) >= 11 is 0. The van der Waals surface area contributed by atoms with Crippen molar-refractivity contribution in [2.75, 3.05) is 0 Å². The number of nitrogens with zero attached hydrogens (tertiary/aromatic N) is 5. The van der Waals surface area contributed by atoms with Gasteiger partial charge in [0.15, 0.2) is 0 Å². The van der Waals surface area contributed by atoms with Crippen LogP contribution in [-0.4, -0.2) is 9.91 Å². The fraction of sp³-hybridized carbons (Fsp3) is 0. The number of azide groups is 1. The van der Waals surface area contributed by atoms with Crippen LogP contribution >= 0.6 is 0 Å². The van der Waals surface area contributed by atoms with Crippen LogP contribution in [-0.2, 0) is 0 Å². The van der Waals surface area contributed by atoms with E-state index in [1.165, 1.54) is 18.3 Å². The first-order valence-electron chi connectivity index (χ1n) is 2.90. The molecule has 0 bridgehead atoms. The van der Waals surface area contributed by atoms with E-state index < -0.39 is 10.7 Å². The van der Waals surface area contributed by atoms with Crippen LogP contribution < -0.4 is 0 Å². The summed E-state index contributed by atoms with van der Waals surface area (Å²) in [7, 11) is 0. The zero-order chi connectivity index (χ0) is 8.97. The lowest BCUT2D eigenvalue weighted by atomic mass is 10.4. The monoisotopic (exact) mass is 165 g/mol. The molecular formula is C5H3N5O2. The van der Waals surface area contributed by atoms with E-state index in [4.69, 9.17) is 5.53 Å². The molecule has 1 rings (SSSR count). The van der Waals surface area contributed by atoms with E-state index in [2.05, 4.69) is 15.0 Å². The Morgan fingerprint density at radius 2 is 2.50 bits per heavy atom. The Morgan fingerprint density at radius 1 is 1.75 bits per heavy atom. The Morgan fingerprint density at radius 3 is 3.08 bits per heavy atom. The molecule has 0 atom stereocenters. The summed E-state index contributed by atoms with van der Waals surface area (Å²) in [6, 6.07) is 2.78. The van der Waals surface area contributed by atoms with E-state index >= 15 is 0 Å². The molecule has 0 N–H and O–H groups in total. The summed E-state index contributed by atoms with van der Waals surface area (Å²) in [5, 5.41) is 13.4. The molecule has 0 radical (unpaired) electrons. The van der Waals surface area contributed by atoms with Crippen molar-refractivity contribution in [1.29, 1.82) is 0 Å². The minimum absolute atomic E-state index is 0.0787. The van der Waals surface area contributed by atoms with Crippen LogP contribution in [0.1, 0.15) is 0 Å². The maximum absolute atomic E-state index is 10.3. The quantitative estimate of drug-likeness (QED) is 0.219. The molecule has 1 aromatic heterocycles. The number of hydrogen-bond acceptors (Lipinski definition) is 4. The van der Waals surface area contributed by atoms with Crippen molar-refractivity contribution in [2.24, 2.45) is 5.11 Å². The number of aromatic nitrogens is 1. The molecule has 0 amide bonds. The van der Waals surface area contributed by atoms with Gasteiger partial charge in [0.25, 0.3) is 0 Å². The molecule has 1 heterocycles. The zero-order valence-corrected chi connectivity index (χ0v) is 5.78. The van der Waals surface area contributed by atoms with Crippen LogP contribution in [0.4, 0.5) is 11.5 Å². The highest BCUT2D eigenvalue weighted by molar-refractivity contribution is 5.51. The molecule has 0 saturated heterocycles. The van der Waals surface area contributed by atoms with Gasteiger partial charge in [-0.3, -0.25) is 0 Å². The fourth-order valence-corrected chi connectivity index (χ4v) is 0.655. The van der Waals surface area contributed by atoms with Crippen molar-refractivity contribution in [2.45, 2.75) is 0 Å². The van der Waals surface area contributed by atoms with E-state index in [1.54, 1.807) is 0 Å². The Labute approximate surface area is 66.4 Å². The minimum Gasteiger partial charge on any atom is -0.358 e. The van der Waals surface area contributed by atoms with Gasteiger partial charge in [-0.05, 0) is 27.6 Å². The lowest BCUT2D eigenvalue weighted by molar-refractivity contribution is -0.388. The zero-order valence-electron chi connectivity index (χ0n) is 5.78. The maximum atomic E-state index is 10.3. The van der Waals surface area contributed by atoms with E-state index in [-0.39, 0.29) is 5.69 Å². The molecular weight excluding hydrogens is 162 g/mol. The molecule has 0 aromatic carbocycles. The van der Waals surface area contributed by atoms with Gasteiger partial charge in [-0.25, -0.2) is 0 Å². The first kappa shape index (κ1) is 7.96. The average Bonchev–Trinajstić information content (AvgIpc) is 2.05. The predicted octanol–water partition coefficient (Wildman–Crippen LogP) is 1.93. The van der Waals surface area contributed by atoms with Gasteiger partial charge in [0, 0.05) is 4.91 Å². The Kier molecular flexibility index (Phi) is 2.20. The topological polar surface area (TPSA) is 105 Å². The standard InChI is InChI=1S/C5H3N5O2/c6-9-8-4-2-1-3-7-5(4)10(11)12/h1-3H. The van der Waals surface area contributed by atoms with Crippen LogP contribution in [0.5, 0.6) is 0 Å². The second-order valence-corrected chi connectivity index (χ2v) is 1.79. The van der Waals surface area contributed by atoms with Crippen molar-refractivity contribution in [3.05, 3.63) is 38.9 Å². The predicted molar refractivity (Wildman–Crippen MR) is 39.7 cm³/mol. The first-order chi connectivity index (χ1) is 5.75. The molecule has 0 saturated carbocycles. The molecule has 0 unspecified atom stereocenters. The third kappa shape index (κ3) is 1.47. The molecule has 1 aromatic rings. The van der Waals surface area contributed by atoms with Gasteiger partial charge in [-0.1, -0.05) is 5.11 Å². The van der Waals surface area contributed by atoms with E-state index in [1.807, 2.05) is 0 Å². The molecule has 0 aliphatic carbocycles. The van der Waals surface area contributed by atoms with Gasteiger partial charge < -0.3 is 10.1 Å². The maximum Gasteiger partial charge on any atom is 0.373 e. The van der Waals surface area contributed by atoms with Crippen molar-refractivity contribution >= 4 is 11.5 Å². The van der Waals surface area contributed by atoms with Crippen LogP contribution in [0.25, 0.3) is 10.4 Å². The molecule has 7 heteroatoms. The first-order valence-corrected chi connectivity index (χ1v) is 2.90. The average molecular weight is 165 g/mol. The Balaban J connectivity index is 3.26. The molecule has 60 valence electrons. The Bertz CT molecular complexity index is 336. The molecule has 0 aliphatic heterocycles. The van der Waals surface area contributed by atoms with Gasteiger partial charge in [-0.15, -0.1) is 0 Å². The normalized spacial score (nSPS) is 8.67. The Hall–Kier alpha value is -2.14. The van der Waals surface area contributed by atoms with Crippen LogP contribution in [0.2, 0.25) is 0 Å². The summed E-state index contributed by atoms with van der Waals surface area (Å²) in [5.74, 6) is -0.435. The highest BCUT2D eigenvalue weighted by atomic mass is 16.6. The molecule has 12 heavy (non-hydrogen) atoms. The van der Waals surface area contributed by atoms with E-state index in [9.17, 15) is 10.1 Å². The summed E-state index contributed by atoms with van der Waals surface area (Å²) in [4.78, 5) is 15.4. The van der Waals surface area contributed by atoms with E-state index in [0.29, 0.717) is 0 Å². The van der Waals surface area contributed by atoms with Crippen molar-refractivity contribution in [3.8, 4) is 0 Å². The second-order valence-electron chi connectivity index (χ2n) is 1.79. The van der Waals surface area contributed by atoms with Gasteiger partial charge >= 0.3 is 5.82 Å². The summed E-state index contributed by atoms with van der Waals surface area (Å²) < 4.78 is 0. The number of pyridine rings is 1.